The molecule has 5 N–H and O–H groups in total. The van der Waals surface area contributed by atoms with Gasteiger partial charge >= 0.3 is 0 Å². The van der Waals surface area contributed by atoms with E-state index < -0.39 is 15.8 Å². The number of nitrogens with zero attached hydrogens (tertiary/aromatic N) is 2. The van der Waals surface area contributed by atoms with Gasteiger partial charge in [-0.15, -0.1) is 0 Å². The summed E-state index contributed by atoms with van der Waals surface area (Å²) in [6.45, 7) is 1.26. The number of hydrogen-bond donors (Lipinski definition) is 5. The Kier molecular flexibility index (Phi) is 7.49. The fraction of sp³-hybridized carbons (Fsp3) is 0.542. The maximum atomic E-state index is 13.1. The van der Waals surface area contributed by atoms with E-state index in [-0.39, 0.29) is 17.5 Å². The van der Waals surface area contributed by atoms with Gasteiger partial charge in [0, 0.05) is 31.5 Å². The molecule has 1 aromatic heterocycles. The van der Waals surface area contributed by atoms with E-state index in [2.05, 4.69) is 26.0 Å². The van der Waals surface area contributed by atoms with Gasteiger partial charge in [0.25, 0.3) is 0 Å². The molecule has 2 atom stereocenters. The Hall–Kier alpha value is -2.31. The minimum absolute atomic E-state index is 0.0419. The Morgan fingerprint density at radius 1 is 0.971 bits per heavy atom. The second kappa shape index (κ2) is 10.8. The first-order valence-corrected chi connectivity index (χ1v) is 13.9. The van der Waals surface area contributed by atoms with E-state index in [0.717, 1.165) is 38.2 Å². The number of hydrogen-bond acceptors (Lipinski definition) is 7. The highest BCUT2D eigenvalue weighted by molar-refractivity contribution is 7.89. The lowest BCUT2D eigenvalue weighted by Crippen LogP contribution is -2.65. The van der Waals surface area contributed by atoms with Crippen LogP contribution in [0.25, 0.3) is 0 Å². The molecule has 190 valence electrons. The first-order valence-electron chi connectivity index (χ1n) is 12.4. The molecule has 11 heteroatoms. The summed E-state index contributed by atoms with van der Waals surface area (Å²) in [4.78, 5) is 4.90. The first-order chi connectivity index (χ1) is 16.9. The quantitative estimate of drug-likeness (QED) is 0.356. The number of nitrogens with one attached hydrogen (secondary N) is 5. The van der Waals surface area contributed by atoms with Crippen LogP contribution < -0.4 is 26.0 Å². The predicted molar refractivity (Wildman–Crippen MR) is 132 cm³/mol. The lowest BCUT2D eigenvalue weighted by molar-refractivity contribution is 0.240. The van der Waals surface area contributed by atoms with E-state index in [1.165, 1.54) is 37.1 Å². The molecule has 3 aliphatic rings. The first kappa shape index (κ1) is 24.4. The second-order valence-electron chi connectivity index (χ2n) is 9.73. The molecule has 1 aliphatic heterocycles. The number of sulfonamides is 1. The molecule has 5 rings (SSSR count). The van der Waals surface area contributed by atoms with Crippen molar-refractivity contribution in [1.29, 1.82) is 0 Å². The van der Waals surface area contributed by atoms with Gasteiger partial charge in [0.1, 0.15) is 12.1 Å². The van der Waals surface area contributed by atoms with Crippen LogP contribution in [0, 0.1) is 17.7 Å². The van der Waals surface area contributed by atoms with Crippen LogP contribution in [0.4, 0.5) is 4.39 Å². The van der Waals surface area contributed by atoms with Crippen molar-refractivity contribution in [1.82, 2.24) is 30.6 Å². The van der Waals surface area contributed by atoms with Gasteiger partial charge < -0.3 is 5.32 Å². The molecule has 0 saturated heterocycles. The molecule has 0 bridgehead atoms. The summed E-state index contributed by atoms with van der Waals surface area (Å²) < 4.78 is 42.7. The van der Waals surface area contributed by atoms with Gasteiger partial charge in [-0.25, -0.2) is 22.5 Å². The monoisotopic (exact) mass is 503 g/mol. The molecule has 9 nitrogen and oxygen atoms in total. The molecule has 0 radical (unpaired) electrons. The molecule has 1 aromatic carbocycles. The van der Waals surface area contributed by atoms with Crippen molar-refractivity contribution in [3.8, 4) is 0 Å². The van der Waals surface area contributed by atoms with Gasteiger partial charge in [-0.3, -0.25) is 20.5 Å². The van der Waals surface area contributed by atoms with E-state index in [9.17, 15) is 12.8 Å². The Morgan fingerprint density at radius 2 is 1.63 bits per heavy atom. The van der Waals surface area contributed by atoms with Crippen molar-refractivity contribution in [2.45, 2.75) is 62.0 Å². The second-order valence-corrected chi connectivity index (χ2v) is 11.5. The molecule has 2 saturated carbocycles. The topological polar surface area (TPSA) is 112 Å². The van der Waals surface area contributed by atoms with Crippen LogP contribution in [-0.2, 0) is 10.0 Å². The maximum absolute atomic E-state index is 13.1. The SMILES string of the molecule is O=S(=O)(NCC1CCC(CNC2N=C(n3cccc3)NC(NC3CC3)N2)CC1)c1ccc(F)cc1. The molecule has 2 heterocycles. The van der Waals surface area contributed by atoms with Crippen LogP contribution in [0.1, 0.15) is 38.5 Å². The molecule has 2 unspecified atom stereocenters. The van der Waals surface area contributed by atoms with Crippen molar-refractivity contribution in [2.24, 2.45) is 16.8 Å². The zero-order valence-electron chi connectivity index (χ0n) is 19.7. The molecule has 2 aromatic rings. The summed E-state index contributed by atoms with van der Waals surface area (Å²) in [5.41, 5.74) is 0. The molecule has 2 aliphatic carbocycles. The van der Waals surface area contributed by atoms with Crippen molar-refractivity contribution < 1.29 is 12.8 Å². The van der Waals surface area contributed by atoms with Crippen LogP contribution in [0.15, 0.2) is 58.7 Å². The van der Waals surface area contributed by atoms with E-state index in [4.69, 9.17) is 4.99 Å². The number of aliphatic imine (C=N–C) groups is 1. The average molecular weight is 504 g/mol. The normalized spacial score (nSPS) is 27.3. The lowest BCUT2D eigenvalue weighted by Gasteiger charge is -2.34. The minimum Gasteiger partial charge on any atom is -0.327 e. The molecular formula is C24H34FN7O2S. The minimum atomic E-state index is -3.61. The van der Waals surface area contributed by atoms with E-state index >= 15 is 0 Å². The van der Waals surface area contributed by atoms with Crippen molar-refractivity contribution in [3.05, 3.63) is 54.6 Å². The summed E-state index contributed by atoms with van der Waals surface area (Å²) in [5, 5.41) is 14.0. The van der Waals surface area contributed by atoms with Crippen LogP contribution in [0.5, 0.6) is 0 Å². The summed E-state index contributed by atoms with van der Waals surface area (Å²) in [7, 11) is -3.61. The van der Waals surface area contributed by atoms with Crippen molar-refractivity contribution in [3.63, 3.8) is 0 Å². The molecular weight excluding hydrogens is 469 g/mol. The zero-order valence-corrected chi connectivity index (χ0v) is 20.5. The highest BCUT2D eigenvalue weighted by Gasteiger charge is 2.30. The summed E-state index contributed by atoms with van der Waals surface area (Å²) in [5.74, 6) is 1.19. The molecule has 35 heavy (non-hydrogen) atoms. The third-order valence-corrected chi connectivity index (χ3v) is 8.37. The lowest BCUT2D eigenvalue weighted by atomic mass is 9.82. The smallest absolute Gasteiger partial charge is 0.240 e. The standard InChI is InChI=1S/C24H34FN7O2S/c25-19-7-11-21(12-8-19)35(33,34)27-16-18-5-3-17(4-6-18)15-26-22-29-23(28-20-9-10-20)31-24(30-22)32-13-1-2-14-32/h1-2,7-8,11-14,17-18,20,22-23,26-29H,3-6,9-10,15-16H2,(H,30,31). The Labute approximate surface area is 206 Å². The fourth-order valence-electron chi connectivity index (χ4n) is 4.67. The fourth-order valence-corrected chi connectivity index (χ4v) is 5.78. The van der Waals surface area contributed by atoms with Crippen molar-refractivity contribution >= 4 is 16.0 Å². The van der Waals surface area contributed by atoms with E-state index in [1.807, 2.05) is 29.1 Å². The van der Waals surface area contributed by atoms with Crippen molar-refractivity contribution in [2.75, 3.05) is 13.1 Å². The highest BCUT2D eigenvalue weighted by atomic mass is 32.2. The number of benzene rings is 1. The largest absolute Gasteiger partial charge is 0.327 e. The van der Waals surface area contributed by atoms with E-state index in [1.54, 1.807) is 0 Å². The summed E-state index contributed by atoms with van der Waals surface area (Å²) in [6.07, 6.45) is 10.2. The third-order valence-electron chi connectivity index (χ3n) is 6.93. The van der Waals surface area contributed by atoms with Crippen LogP contribution in [-0.4, -0.2) is 50.7 Å². The Bertz CT molecular complexity index is 1100. The molecule has 0 amide bonds. The van der Waals surface area contributed by atoms with E-state index in [0.29, 0.717) is 24.4 Å². The number of aromatic nitrogens is 1. The molecule has 2 fully saturated rings. The maximum Gasteiger partial charge on any atom is 0.240 e. The zero-order chi connectivity index (χ0) is 24.3. The van der Waals surface area contributed by atoms with Gasteiger partial charge in [-0.2, -0.15) is 0 Å². The Morgan fingerprint density at radius 3 is 2.29 bits per heavy atom. The number of halogens is 1. The van der Waals surface area contributed by atoms with Crippen LogP contribution >= 0.6 is 0 Å². The van der Waals surface area contributed by atoms with Crippen LogP contribution in [0.2, 0.25) is 0 Å². The van der Waals surface area contributed by atoms with Gasteiger partial charge in [-0.1, -0.05) is 0 Å². The molecule has 0 spiro atoms. The summed E-state index contributed by atoms with van der Waals surface area (Å²) in [6, 6.07) is 9.44. The Balaban J connectivity index is 1.08. The highest BCUT2D eigenvalue weighted by Crippen LogP contribution is 2.28. The van der Waals surface area contributed by atoms with Gasteiger partial charge in [0.2, 0.25) is 16.0 Å². The third kappa shape index (κ3) is 6.68. The van der Waals surface area contributed by atoms with Crippen LogP contribution in [0.3, 0.4) is 0 Å². The summed E-state index contributed by atoms with van der Waals surface area (Å²) >= 11 is 0. The predicted octanol–water partition coefficient (Wildman–Crippen LogP) is 1.72. The van der Waals surface area contributed by atoms with Gasteiger partial charge in [0.05, 0.1) is 4.90 Å². The van der Waals surface area contributed by atoms with Gasteiger partial charge in [-0.05, 0) is 86.8 Å². The number of rotatable bonds is 9. The average Bonchev–Trinajstić information content (AvgIpc) is 3.49. The van der Waals surface area contributed by atoms with Gasteiger partial charge in [0.15, 0.2) is 6.29 Å².